The van der Waals surface area contributed by atoms with Crippen LogP contribution in [0.4, 0.5) is 13.2 Å². The molecule has 3 atom stereocenters. The van der Waals surface area contributed by atoms with Gasteiger partial charge in [0.1, 0.15) is 20.8 Å². The smallest absolute Gasteiger partial charge is 0.432 e. The Morgan fingerprint density at radius 1 is 1.03 bits per heavy atom. The molecule has 2 aromatic rings. The van der Waals surface area contributed by atoms with Crippen molar-refractivity contribution in [1.29, 1.82) is 0 Å². The second kappa shape index (κ2) is 7.93. The Kier molecular flexibility index (Phi) is 5.89. The molecule has 0 aliphatic carbocycles. The largest absolute Gasteiger partial charge is 0.460 e. The van der Waals surface area contributed by atoms with E-state index in [0.717, 1.165) is 7.11 Å². The lowest BCUT2D eigenvalue weighted by Crippen LogP contribution is -2.52. The molecule has 8 heteroatoms. The van der Waals surface area contributed by atoms with Crippen LogP contribution in [0.15, 0.2) is 60.7 Å². The lowest BCUT2D eigenvalue weighted by atomic mass is 9.93. The van der Waals surface area contributed by atoms with Crippen molar-refractivity contribution in [2.45, 2.75) is 36.7 Å². The van der Waals surface area contributed by atoms with Gasteiger partial charge >= 0.3 is 12.1 Å². The number of hydrogen-bond acceptors (Lipinski definition) is 4. The molecule has 1 heterocycles. The highest BCUT2D eigenvalue weighted by molar-refractivity contribution is 6.91. The summed E-state index contributed by atoms with van der Waals surface area (Å²) in [6.07, 6.45) is -5.40. The highest BCUT2D eigenvalue weighted by atomic mass is 28.3. The van der Waals surface area contributed by atoms with Gasteiger partial charge < -0.3 is 14.2 Å². The van der Waals surface area contributed by atoms with Gasteiger partial charge in [0.05, 0.1) is 5.73 Å². The molecule has 4 nitrogen and oxygen atoms in total. The molecule has 1 aliphatic heterocycles. The van der Waals surface area contributed by atoms with Gasteiger partial charge in [0.25, 0.3) is 5.60 Å². The average Bonchev–Trinajstić information content (AvgIpc) is 3.48. The van der Waals surface area contributed by atoms with Crippen LogP contribution < -0.4 is 5.19 Å². The second-order valence-electron chi connectivity index (χ2n) is 7.53. The Labute approximate surface area is 168 Å². The van der Waals surface area contributed by atoms with E-state index < -0.39 is 31.9 Å². The van der Waals surface area contributed by atoms with Crippen LogP contribution in [0.2, 0.25) is 13.1 Å². The molecule has 0 saturated carbocycles. The maximum absolute atomic E-state index is 13.9. The first-order valence-corrected chi connectivity index (χ1v) is 12.3. The van der Waals surface area contributed by atoms with Gasteiger partial charge in [0, 0.05) is 12.7 Å². The number of halogens is 3. The van der Waals surface area contributed by atoms with E-state index in [1.807, 2.05) is 30.3 Å². The van der Waals surface area contributed by atoms with Crippen molar-refractivity contribution in [3.05, 3.63) is 66.2 Å². The first-order valence-electron chi connectivity index (χ1n) is 9.20. The summed E-state index contributed by atoms with van der Waals surface area (Å²) in [7, 11) is -1.15. The van der Waals surface area contributed by atoms with Crippen molar-refractivity contribution in [1.82, 2.24) is 0 Å². The Bertz CT molecular complexity index is 842. The summed E-state index contributed by atoms with van der Waals surface area (Å²) in [6.45, 7) is 3.99. The van der Waals surface area contributed by atoms with Crippen molar-refractivity contribution in [3.8, 4) is 0 Å². The van der Waals surface area contributed by atoms with Crippen LogP contribution in [-0.4, -0.2) is 45.8 Å². The van der Waals surface area contributed by atoms with Crippen molar-refractivity contribution in [3.63, 3.8) is 0 Å². The number of alkyl halides is 3. The molecule has 0 unspecified atom stereocenters. The molecule has 29 heavy (non-hydrogen) atoms. The minimum absolute atomic E-state index is 0.128. The van der Waals surface area contributed by atoms with Gasteiger partial charge in [-0.1, -0.05) is 78.9 Å². The molecule has 1 saturated heterocycles. The van der Waals surface area contributed by atoms with E-state index in [1.54, 1.807) is 6.07 Å². The van der Waals surface area contributed by atoms with Crippen LogP contribution in [0.25, 0.3) is 0 Å². The summed E-state index contributed by atoms with van der Waals surface area (Å²) in [5, 5.41) is 1.17. The molecule has 0 bridgehead atoms. The maximum atomic E-state index is 13.9. The van der Waals surface area contributed by atoms with Gasteiger partial charge in [-0.15, -0.1) is 0 Å². The first-order chi connectivity index (χ1) is 13.6. The van der Waals surface area contributed by atoms with Crippen molar-refractivity contribution in [2.24, 2.45) is 0 Å². The van der Waals surface area contributed by atoms with Gasteiger partial charge in [-0.3, -0.25) is 0 Å². The fraction of sp³-hybridized carbons (Fsp3) is 0.381. The van der Waals surface area contributed by atoms with Gasteiger partial charge in [-0.25, -0.2) is 4.79 Å². The van der Waals surface area contributed by atoms with E-state index in [4.69, 9.17) is 14.2 Å². The van der Waals surface area contributed by atoms with Crippen molar-refractivity contribution < 1.29 is 32.2 Å². The Hall–Kier alpha value is -2.16. The van der Waals surface area contributed by atoms with Crippen LogP contribution in [0.5, 0.6) is 0 Å². The molecule has 3 rings (SSSR count). The van der Waals surface area contributed by atoms with Crippen molar-refractivity contribution >= 4 is 19.2 Å². The Balaban J connectivity index is 1.73. The lowest BCUT2D eigenvalue weighted by Gasteiger charge is -2.32. The number of carbonyl (C=O) groups excluding carboxylic acids is 1. The quantitative estimate of drug-likeness (QED) is 0.388. The zero-order chi connectivity index (χ0) is 21.3. The topological polar surface area (TPSA) is 48.1 Å². The molecule has 0 spiro atoms. The molecule has 0 amide bonds. The number of epoxide rings is 1. The summed E-state index contributed by atoms with van der Waals surface area (Å²) in [5.41, 5.74) is -3.63. The summed E-state index contributed by atoms with van der Waals surface area (Å²) >= 11 is 0. The number of methoxy groups -OCH3 is 1. The molecule has 0 radical (unpaired) electrons. The van der Waals surface area contributed by atoms with Crippen LogP contribution >= 0.6 is 0 Å². The number of esters is 1. The summed E-state index contributed by atoms with van der Waals surface area (Å²) in [6, 6.07) is 16.6. The molecule has 0 N–H and O–H groups in total. The lowest BCUT2D eigenvalue weighted by molar-refractivity contribution is -0.276. The Morgan fingerprint density at radius 2 is 1.59 bits per heavy atom. The molecule has 0 aromatic heterocycles. The SMILES string of the molecule is CO[C@@](C(=O)OC[C@@H]1O[C@H]1[Si](C)(C)c1ccccc1)(c1ccccc1)C(F)(F)F. The minimum atomic E-state index is -4.98. The standard InChI is InChI=1S/C21H23F3O4Si/c1-26-20(21(22,23)24,15-10-6-4-7-11-15)19(25)27-14-17-18(28-17)29(2,3)16-12-8-5-9-13-16/h4-13,17-18H,14H2,1-3H3/t17-,18-,20+/m0/s1. The molecule has 1 fully saturated rings. The van der Waals surface area contributed by atoms with Crippen LogP contribution in [0.3, 0.4) is 0 Å². The number of benzene rings is 2. The van der Waals surface area contributed by atoms with E-state index in [2.05, 4.69) is 13.1 Å². The molecule has 1 aliphatic rings. The number of carbonyl (C=O) groups is 1. The third-order valence-corrected chi connectivity index (χ3v) is 9.12. The predicted molar refractivity (Wildman–Crippen MR) is 104 cm³/mol. The van der Waals surface area contributed by atoms with Crippen LogP contribution in [-0.2, 0) is 24.6 Å². The zero-order valence-corrected chi connectivity index (χ0v) is 17.4. The van der Waals surface area contributed by atoms with Gasteiger partial charge in [-0.2, -0.15) is 13.2 Å². The van der Waals surface area contributed by atoms with E-state index in [0.29, 0.717) is 0 Å². The number of rotatable bonds is 7. The summed E-state index contributed by atoms with van der Waals surface area (Å²) < 4.78 is 57.2. The highest BCUT2D eigenvalue weighted by Gasteiger charge is 2.64. The normalized spacial score (nSPS) is 21.3. The van der Waals surface area contributed by atoms with E-state index in [9.17, 15) is 18.0 Å². The number of ether oxygens (including phenoxy) is 3. The van der Waals surface area contributed by atoms with Gasteiger partial charge in [-0.05, 0) is 0 Å². The highest BCUT2D eigenvalue weighted by Crippen LogP contribution is 2.43. The van der Waals surface area contributed by atoms with Crippen molar-refractivity contribution in [2.75, 3.05) is 13.7 Å². The monoisotopic (exact) mass is 424 g/mol. The van der Waals surface area contributed by atoms with E-state index >= 15 is 0 Å². The fourth-order valence-corrected chi connectivity index (χ4v) is 6.50. The molecule has 156 valence electrons. The average molecular weight is 424 g/mol. The molecular formula is C21H23F3O4Si. The third-order valence-electron chi connectivity index (χ3n) is 5.36. The maximum Gasteiger partial charge on any atom is 0.432 e. The first kappa shape index (κ1) is 21.5. The second-order valence-corrected chi connectivity index (χ2v) is 12.1. The van der Waals surface area contributed by atoms with Crippen LogP contribution in [0, 0.1) is 0 Å². The summed E-state index contributed by atoms with van der Waals surface area (Å²) in [5.74, 6) is -1.49. The molecular weight excluding hydrogens is 401 g/mol. The zero-order valence-electron chi connectivity index (χ0n) is 16.4. The van der Waals surface area contributed by atoms with E-state index in [1.165, 1.54) is 29.5 Å². The fourth-order valence-electron chi connectivity index (χ4n) is 3.58. The predicted octanol–water partition coefficient (Wildman–Crippen LogP) is 3.56. The van der Waals surface area contributed by atoms with Gasteiger partial charge in [0.2, 0.25) is 0 Å². The summed E-state index contributed by atoms with van der Waals surface area (Å²) in [4.78, 5) is 12.6. The van der Waals surface area contributed by atoms with Gasteiger partial charge in [0.15, 0.2) is 0 Å². The Morgan fingerprint density at radius 3 is 2.10 bits per heavy atom. The minimum Gasteiger partial charge on any atom is -0.460 e. The van der Waals surface area contributed by atoms with E-state index in [-0.39, 0.29) is 17.9 Å². The third kappa shape index (κ3) is 3.97. The molecule has 2 aromatic carbocycles. The number of hydrogen-bond donors (Lipinski definition) is 0. The van der Waals surface area contributed by atoms with Crippen LogP contribution in [0.1, 0.15) is 5.56 Å².